The first kappa shape index (κ1) is 12.2. The molecule has 2 heterocycles. The molecular formula is C12H8Cl2N4O. The Morgan fingerprint density at radius 3 is 2.74 bits per heavy atom. The molecule has 0 atom stereocenters. The monoisotopic (exact) mass is 294 g/mol. The van der Waals surface area contributed by atoms with Gasteiger partial charge in [-0.25, -0.2) is 0 Å². The predicted octanol–water partition coefficient (Wildman–Crippen LogP) is 3.11. The van der Waals surface area contributed by atoms with Crippen molar-refractivity contribution >= 4 is 28.8 Å². The molecule has 5 nitrogen and oxygen atoms in total. The van der Waals surface area contributed by atoms with Gasteiger partial charge in [-0.1, -0.05) is 23.2 Å². The van der Waals surface area contributed by atoms with E-state index in [0.717, 1.165) is 0 Å². The summed E-state index contributed by atoms with van der Waals surface area (Å²) in [7, 11) is 1.58. The van der Waals surface area contributed by atoms with Crippen LogP contribution in [-0.2, 0) is 0 Å². The van der Waals surface area contributed by atoms with Crippen molar-refractivity contribution in [1.82, 2.24) is 19.8 Å². The largest absolute Gasteiger partial charge is 0.496 e. The van der Waals surface area contributed by atoms with E-state index in [1.807, 2.05) is 0 Å². The van der Waals surface area contributed by atoms with Gasteiger partial charge in [0.25, 0.3) is 0 Å². The number of aromatic nitrogens is 4. The zero-order valence-corrected chi connectivity index (χ0v) is 11.4. The van der Waals surface area contributed by atoms with Gasteiger partial charge in [0.05, 0.1) is 12.7 Å². The van der Waals surface area contributed by atoms with Gasteiger partial charge >= 0.3 is 0 Å². The lowest BCUT2D eigenvalue weighted by molar-refractivity contribution is 0.416. The number of halogens is 2. The fourth-order valence-electron chi connectivity index (χ4n) is 1.79. The van der Waals surface area contributed by atoms with Crippen molar-refractivity contribution in [3.05, 3.63) is 40.5 Å². The van der Waals surface area contributed by atoms with Crippen LogP contribution in [0.5, 0.6) is 5.75 Å². The molecule has 96 valence electrons. The van der Waals surface area contributed by atoms with E-state index >= 15 is 0 Å². The highest BCUT2D eigenvalue weighted by molar-refractivity contribution is 6.31. The van der Waals surface area contributed by atoms with E-state index in [9.17, 15) is 0 Å². The molecule has 7 heteroatoms. The predicted molar refractivity (Wildman–Crippen MR) is 72.8 cm³/mol. The van der Waals surface area contributed by atoms with Crippen LogP contribution in [0.3, 0.4) is 0 Å². The molecule has 0 aliphatic carbocycles. The number of fused-ring (bicyclic) bond motifs is 1. The fraction of sp³-hybridized carbons (Fsp3) is 0.0833. The second-order valence-corrected chi connectivity index (χ2v) is 4.62. The second-order valence-electron chi connectivity index (χ2n) is 3.79. The molecule has 0 aliphatic heterocycles. The van der Waals surface area contributed by atoms with Gasteiger partial charge in [0.2, 0.25) is 0 Å². The van der Waals surface area contributed by atoms with E-state index in [1.54, 1.807) is 42.0 Å². The summed E-state index contributed by atoms with van der Waals surface area (Å²) < 4.78 is 6.85. The maximum Gasteiger partial charge on any atom is 0.189 e. The third-order valence-corrected chi connectivity index (χ3v) is 3.07. The van der Waals surface area contributed by atoms with E-state index in [-0.39, 0.29) is 0 Å². The molecule has 2 aromatic heterocycles. The SMILES string of the molecule is COc1ccc(Cl)cc1-c1nnc2ccc(Cl)nn12. The highest BCUT2D eigenvalue weighted by Crippen LogP contribution is 2.31. The van der Waals surface area contributed by atoms with E-state index in [2.05, 4.69) is 15.3 Å². The summed E-state index contributed by atoms with van der Waals surface area (Å²) in [6.45, 7) is 0. The summed E-state index contributed by atoms with van der Waals surface area (Å²) in [5.41, 5.74) is 1.30. The van der Waals surface area contributed by atoms with Gasteiger partial charge in [-0.05, 0) is 30.3 Å². The van der Waals surface area contributed by atoms with Gasteiger partial charge in [0.15, 0.2) is 11.5 Å². The Kier molecular flexibility index (Phi) is 3.00. The third-order valence-electron chi connectivity index (χ3n) is 2.63. The van der Waals surface area contributed by atoms with Crippen molar-refractivity contribution in [2.75, 3.05) is 7.11 Å². The summed E-state index contributed by atoms with van der Waals surface area (Å²) in [5, 5.41) is 13.3. The summed E-state index contributed by atoms with van der Waals surface area (Å²) in [6, 6.07) is 8.66. The van der Waals surface area contributed by atoms with E-state index in [1.165, 1.54) is 0 Å². The summed E-state index contributed by atoms with van der Waals surface area (Å²) in [6.07, 6.45) is 0. The third kappa shape index (κ3) is 2.11. The lowest BCUT2D eigenvalue weighted by Crippen LogP contribution is -1.97. The zero-order chi connectivity index (χ0) is 13.4. The molecule has 1 aromatic carbocycles. The van der Waals surface area contributed by atoms with Crippen molar-refractivity contribution in [2.45, 2.75) is 0 Å². The van der Waals surface area contributed by atoms with Crippen LogP contribution >= 0.6 is 23.2 Å². The van der Waals surface area contributed by atoms with Crippen LogP contribution in [0.15, 0.2) is 30.3 Å². The fourth-order valence-corrected chi connectivity index (χ4v) is 2.10. The Labute approximate surface area is 118 Å². The molecule has 0 N–H and O–H groups in total. The van der Waals surface area contributed by atoms with Crippen LogP contribution in [0, 0.1) is 0 Å². The second kappa shape index (κ2) is 4.68. The molecule has 0 unspecified atom stereocenters. The molecule has 3 rings (SSSR count). The van der Waals surface area contributed by atoms with Gasteiger partial charge in [0.1, 0.15) is 10.9 Å². The topological polar surface area (TPSA) is 52.3 Å². The normalized spacial score (nSPS) is 10.9. The highest BCUT2D eigenvalue weighted by Gasteiger charge is 2.14. The van der Waals surface area contributed by atoms with Crippen molar-refractivity contribution in [3.8, 4) is 17.1 Å². The molecule has 3 aromatic rings. The lowest BCUT2D eigenvalue weighted by atomic mass is 10.2. The maximum atomic E-state index is 6.01. The number of ether oxygens (including phenoxy) is 1. The zero-order valence-electron chi connectivity index (χ0n) is 9.84. The standard InChI is InChI=1S/C12H8Cl2N4O/c1-19-9-3-2-7(13)6-8(9)12-16-15-11-5-4-10(14)17-18(11)12/h2-6H,1H3. The van der Waals surface area contributed by atoms with Gasteiger partial charge in [-0.2, -0.15) is 9.61 Å². The molecule has 0 aliphatic rings. The number of hydrogen-bond acceptors (Lipinski definition) is 4. The van der Waals surface area contributed by atoms with Crippen molar-refractivity contribution < 1.29 is 4.74 Å². The van der Waals surface area contributed by atoms with E-state index in [0.29, 0.717) is 33.0 Å². The van der Waals surface area contributed by atoms with E-state index < -0.39 is 0 Å². The molecule has 0 amide bonds. The molecule has 0 saturated heterocycles. The Morgan fingerprint density at radius 2 is 1.95 bits per heavy atom. The first-order valence-corrected chi connectivity index (χ1v) is 6.16. The van der Waals surface area contributed by atoms with E-state index in [4.69, 9.17) is 27.9 Å². The molecule has 0 saturated carbocycles. The Morgan fingerprint density at radius 1 is 1.11 bits per heavy atom. The summed E-state index contributed by atoms with van der Waals surface area (Å²) >= 11 is 11.9. The minimum atomic E-state index is 0.356. The van der Waals surface area contributed by atoms with Crippen LogP contribution in [-0.4, -0.2) is 26.9 Å². The molecule has 19 heavy (non-hydrogen) atoms. The average molecular weight is 295 g/mol. The molecular weight excluding hydrogens is 287 g/mol. The van der Waals surface area contributed by atoms with Crippen LogP contribution in [0.2, 0.25) is 10.2 Å². The highest BCUT2D eigenvalue weighted by atomic mass is 35.5. The van der Waals surface area contributed by atoms with Crippen molar-refractivity contribution in [2.24, 2.45) is 0 Å². The van der Waals surface area contributed by atoms with Gasteiger partial charge in [-0.3, -0.25) is 0 Å². The molecule has 0 fully saturated rings. The van der Waals surface area contributed by atoms with Gasteiger partial charge in [0, 0.05) is 5.02 Å². The Balaban J connectivity index is 2.29. The average Bonchev–Trinajstić information content (AvgIpc) is 2.81. The Hall–Kier alpha value is -1.85. The summed E-state index contributed by atoms with van der Waals surface area (Å²) in [5.74, 6) is 1.16. The first-order valence-electron chi connectivity index (χ1n) is 5.41. The number of nitrogens with zero attached hydrogens (tertiary/aromatic N) is 4. The maximum absolute atomic E-state index is 6.01. The minimum Gasteiger partial charge on any atom is -0.496 e. The number of methoxy groups -OCH3 is 1. The molecule has 0 radical (unpaired) electrons. The Bertz CT molecular complexity index is 757. The minimum absolute atomic E-state index is 0.356. The number of hydrogen-bond donors (Lipinski definition) is 0. The van der Waals surface area contributed by atoms with Crippen molar-refractivity contribution in [1.29, 1.82) is 0 Å². The van der Waals surface area contributed by atoms with Gasteiger partial charge < -0.3 is 4.74 Å². The lowest BCUT2D eigenvalue weighted by Gasteiger charge is -2.06. The smallest absolute Gasteiger partial charge is 0.189 e. The molecule has 0 bridgehead atoms. The van der Waals surface area contributed by atoms with Crippen LogP contribution in [0.1, 0.15) is 0 Å². The number of rotatable bonds is 2. The first-order chi connectivity index (χ1) is 9.19. The van der Waals surface area contributed by atoms with Crippen LogP contribution < -0.4 is 4.74 Å². The van der Waals surface area contributed by atoms with Gasteiger partial charge in [-0.15, -0.1) is 10.2 Å². The quantitative estimate of drug-likeness (QED) is 0.729. The molecule has 0 spiro atoms. The van der Waals surface area contributed by atoms with Crippen LogP contribution in [0.25, 0.3) is 17.0 Å². The summed E-state index contributed by atoms with van der Waals surface area (Å²) in [4.78, 5) is 0. The van der Waals surface area contributed by atoms with Crippen LogP contribution in [0.4, 0.5) is 0 Å². The number of benzene rings is 1. The van der Waals surface area contributed by atoms with Crippen molar-refractivity contribution in [3.63, 3.8) is 0 Å².